The van der Waals surface area contributed by atoms with Crippen LogP contribution in [0.5, 0.6) is 23.0 Å². The Balaban J connectivity index is 0.889. The maximum Gasteiger partial charge on any atom is 0.165 e. The molecule has 0 bridgehead atoms. The normalized spacial score (nSPS) is 11.0. The molecule has 0 spiro atoms. The molecule has 0 aromatic heterocycles. The highest BCUT2D eigenvalue weighted by molar-refractivity contribution is 5.52. The van der Waals surface area contributed by atoms with Crippen LogP contribution < -0.4 is 29.6 Å². The first-order valence-electron chi connectivity index (χ1n) is 22.2. The summed E-state index contributed by atoms with van der Waals surface area (Å²) in [5.74, 6) is 3.29. The summed E-state index contributed by atoms with van der Waals surface area (Å²) in [6.45, 7) is 11.5. The van der Waals surface area contributed by atoms with E-state index in [-0.39, 0.29) is 0 Å². The van der Waals surface area contributed by atoms with E-state index in [9.17, 15) is 0 Å². The van der Waals surface area contributed by atoms with Gasteiger partial charge in [-0.2, -0.15) is 0 Å². The minimum atomic E-state index is 0.500. The summed E-state index contributed by atoms with van der Waals surface area (Å²) in [6, 6.07) is 49.7. The zero-order chi connectivity index (χ0) is 42.2. The zero-order valence-corrected chi connectivity index (χ0v) is 36.2. The number of ether oxygens (including phenoxy) is 5. The van der Waals surface area contributed by atoms with Crippen molar-refractivity contribution in [2.24, 2.45) is 0 Å². The fraction of sp³-hybridized carbons (Fsp3) is 0.333. The van der Waals surface area contributed by atoms with Gasteiger partial charge in [0.15, 0.2) is 23.0 Å². The molecular formula is C54H64N2O5. The minimum Gasteiger partial charge on any atom is -0.485 e. The topological polar surface area (TPSA) is 70.2 Å². The molecular weight excluding hydrogens is 757 g/mol. The van der Waals surface area contributed by atoms with Crippen LogP contribution in [0.15, 0.2) is 146 Å². The molecule has 0 aliphatic heterocycles. The molecule has 0 saturated heterocycles. The van der Waals surface area contributed by atoms with Crippen LogP contribution >= 0.6 is 0 Å². The lowest BCUT2D eigenvalue weighted by molar-refractivity contribution is 0.129. The Labute approximate surface area is 364 Å². The predicted octanol–water partition coefficient (Wildman–Crippen LogP) is 10.9. The Kier molecular flexibility index (Phi) is 19.1. The number of hydrogen-bond donors (Lipinski definition) is 2. The molecule has 7 nitrogen and oxygen atoms in total. The van der Waals surface area contributed by atoms with Crippen molar-refractivity contribution in [3.8, 4) is 23.0 Å². The molecule has 61 heavy (non-hydrogen) atoms. The van der Waals surface area contributed by atoms with Crippen molar-refractivity contribution >= 4 is 0 Å². The molecule has 0 atom stereocenters. The maximum absolute atomic E-state index is 6.49. The van der Waals surface area contributed by atoms with Crippen LogP contribution in [0.4, 0.5) is 0 Å². The van der Waals surface area contributed by atoms with Gasteiger partial charge < -0.3 is 34.3 Å². The largest absolute Gasteiger partial charge is 0.485 e. The molecule has 320 valence electrons. The first-order valence-corrected chi connectivity index (χ1v) is 22.2. The quantitative estimate of drug-likeness (QED) is 0.0478. The number of benzene rings is 6. The lowest BCUT2D eigenvalue weighted by atomic mass is 10.0. The fourth-order valence-electron chi connectivity index (χ4n) is 7.41. The van der Waals surface area contributed by atoms with Crippen LogP contribution in [0, 0.1) is 0 Å². The molecule has 0 unspecified atom stereocenters. The molecule has 6 aromatic rings. The van der Waals surface area contributed by atoms with Gasteiger partial charge in [0.1, 0.15) is 26.4 Å². The first-order chi connectivity index (χ1) is 30.2. The summed E-state index contributed by atoms with van der Waals surface area (Å²) in [4.78, 5) is 0. The van der Waals surface area contributed by atoms with Gasteiger partial charge in [0, 0.05) is 24.3 Å². The molecule has 0 amide bonds. The van der Waals surface area contributed by atoms with Crippen LogP contribution in [-0.2, 0) is 56.8 Å². The van der Waals surface area contributed by atoms with Gasteiger partial charge in [0.05, 0.1) is 0 Å². The van der Waals surface area contributed by atoms with Gasteiger partial charge in [-0.05, 0) is 110 Å². The predicted molar refractivity (Wildman–Crippen MR) is 248 cm³/mol. The molecule has 0 heterocycles. The summed E-state index contributed by atoms with van der Waals surface area (Å²) < 4.78 is 31.6. The van der Waals surface area contributed by atoms with Gasteiger partial charge in [-0.1, -0.05) is 147 Å². The Morgan fingerprint density at radius 2 is 0.721 bits per heavy atom. The van der Waals surface area contributed by atoms with E-state index in [0.29, 0.717) is 26.4 Å². The van der Waals surface area contributed by atoms with Gasteiger partial charge in [-0.3, -0.25) is 0 Å². The lowest BCUT2D eigenvalue weighted by Gasteiger charge is -2.19. The molecule has 2 N–H and O–H groups in total. The highest BCUT2D eigenvalue weighted by atomic mass is 16.5. The second kappa shape index (κ2) is 25.9. The van der Waals surface area contributed by atoms with E-state index >= 15 is 0 Å². The smallest absolute Gasteiger partial charge is 0.165 e. The van der Waals surface area contributed by atoms with Crippen molar-refractivity contribution in [2.45, 2.75) is 78.8 Å². The van der Waals surface area contributed by atoms with Crippen molar-refractivity contribution in [3.05, 3.63) is 190 Å². The molecule has 6 rings (SSSR count). The van der Waals surface area contributed by atoms with E-state index in [0.717, 1.165) is 123 Å². The zero-order valence-electron chi connectivity index (χ0n) is 36.2. The van der Waals surface area contributed by atoms with Crippen LogP contribution in [-0.4, -0.2) is 39.4 Å². The van der Waals surface area contributed by atoms with Gasteiger partial charge >= 0.3 is 0 Å². The summed E-state index contributed by atoms with van der Waals surface area (Å²) >= 11 is 0. The number of nitrogens with one attached hydrogen (secondary N) is 2. The molecule has 0 radical (unpaired) electrons. The highest BCUT2D eigenvalue weighted by Crippen LogP contribution is 2.37. The lowest BCUT2D eigenvalue weighted by Crippen LogP contribution is -2.21. The van der Waals surface area contributed by atoms with Gasteiger partial charge in [0.2, 0.25) is 0 Å². The third kappa shape index (κ3) is 14.8. The van der Waals surface area contributed by atoms with Crippen molar-refractivity contribution in [3.63, 3.8) is 0 Å². The summed E-state index contributed by atoms with van der Waals surface area (Å²) in [6.07, 6.45) is 5.53. The van der Waals surface area contributed by atoms with Crippen molar-refractivity contribution in [1.82, 2.24) is 10.6 Å². The Hall–Kier alpha value is -5.60. The summed E-state index contributed by atoms with van der Waals surface area (Å²) in [5.41, 5.74) is 9.55. The van der Waals surface area contributed by atoms with Crippen LogP contribution in [0.25, 0.3) is 0 Å². The average Bonchev–Trinajstić information content (AvgIpc) is 3.31. The number of hydrogen-bond acceptors (Lipinski definition) is 7. The third-order valence-electron chi connectivity index (χ3n) is 10.7. The molecule has 0 aliphatic rings. The van der Waals surface area contributed by atoms with Gasteiger partial charge in [-0.25, -0.2) is 0 Å². The molecule has 0 fully saturated rings. The fourth-order valence-corrected chi connectivity index (χ4v) is 7.41. The van der Waals surface area contributed by atoms with Crippen LogP contribution in [0.1, 0.15) is 71.2 Å². The third-order valence-corrected chi connectivity index (χ3v) is 10.7. The molecule has 0 saturated carbocycles. The van der Waals surface area contributed by atoms with E-state index < -0.39 is 0 Å². The standard InChI is InChI=1S/C54H64N2O5/c1-3-49-47(27-29-51(58-39-43-19-9-5-10-20-43)53(49)60-41-45-23-13-7-14-24-45)31-35-55-33-17-37-57-38-18-34-56-36-32-48-28-30-52(59-40-44-21-11-6-12-22-44)54(50(48)4-2)61-42-46-25-15-8-16-26-46/h5-16,19-30,55-56H,3-4,17-18,31-42H2,1-2H3. The van der Waals surface area contributed by atoms with E-state index in [2.05, 4.69) is 97.3 Å². The van der Waals surface area contributed by atoms with E-state index in [1.54, 1.807) is 0 Å². The second-order valence-corrected chi connectivity index (χ2v) is 15.2. The van der Waals surface area contributed by atoms with Gasteiger partial charge in [-0.15, -0.1) is 0 Å². The maximum atomic E-state index is 6.49. The van der Waals surface area contributed by atoms with E-state index in [1.807, 2.05) is 72.8 Å². The SMILES string of the molecule is CCc1c(CCNCCCOCCCNCCc2ccc(OCc3ccccc3)c(OCc3ccccc3)c2CC)ccc(OCc2ccccc2)c1OCc1ccccc1. The monoisotopic (exact) mass is 820 g/mol. The second-order valence-electron chi connectivity index (χ2n) is 15.2. The number of rotatable bonds is 28. The summed E-state index contributed by atoms with van der Waals surface area (Å²) in [7, 11) is 0. The van der Waals surface area contributed by atoms with Crippen LogP contribution in [0.3, 0.4) is 0 Å². The molecule has 7 heteroatoms. The summed E-state index contributed by atoms with van der Waals surface area (Å²) in [5, 5.41) is 7.25. The Morgan fingerprint density at radius 1 is 0.377 bits per heavy atom. The van der Waals surface area contributed by atoms with E-state index in [1.165, 1.54) is 22.3 Å². The first kappa shape index (κ1) is 44.9. The Bertz CT molecular complexity index is 1960. The Morgan fingerprint density at radius 3 is 1.07 bits per heavy atom. The van der Waals surface area contributed by atoms with Crippen molar-refractivity contribution in [1.29, 1.82) is 0 Å². The highest BCUT2D eigenvalue weighted by Gasteiger charge is 2.17. The van der Waals surface area contributed by atoms with Crippen LogP contribution in [0.2, 0.25) is 0 Å². The van der Waals surface area contributed by atoms with Crippen molar-refractivity contribution < 1.29 is 23.7 Å². The molecule has 0 aliphatic carbocycles. The average molecular weight is 821 g/mol. The molecule has 6 aromatic carbocycles. The van der Waals surface area contributed by atoms with Gasteiger partial charge in [0.25, 0.3) is 0 Å². The van der Waals surface area contributed by atoms with Crippen molar-refractivity contribution in [2.75, 3.05) is 39.4 Å². The minimum absolute atomic E-state index is 0.500. The van der Waals surface area contributed by atoms with E-state index in [4.69, 9.17) is 23.7 Å².